The Labute approximate surface area is 116 Å². The summed E-state index contributed by atoms with van der Waals surface area (Å²) in [6.45, 7) is 5.81. The monoisotopic (exact) mass is 272 g/mol. The van der Waals surface area contributed by atoms with Crippen LogP contribution in [0.5, 0.6) is 0 Å². The number of amides is 1. The van der Waals surface area contributed by atoms with Crippen LogP contribution >= 0.6 is 11.3 Å². The summed E-state index contributed by atoms with van der Waals surface area (Å²) >= 11 is 1.66. The molecule has 1 aromatic heterocycles. The summed E-state index contributed by atoms with van der Waals surface area (Å²) in [6.07, 6.45) is 0.923. The smallest absolute Gasteiger partial charge is 0.224 e. The Balaban J connectivity index is 2.06. The number of aromatic nitrogens is 1. The van der Waals surface area contributed by atoms with Crippen LogP contribution in [-0.2, 0) is 11.2 Å². The second-order valence-corrected chi connectivity index (χ2v) is 6.10. The van der Waals surface area contributed by atoms with Crippen molar-refractivity contribution in [3.05, 3.63) is 34.2 Å². The molecule has 0 aliphatic carbocycles. The fourth-order valence-electron chi connectivity index (χ4n) is 2.84. The number of carbonyl (C=O) groups excluding carboxylic acids is 1. The van der Waals surface area contributed by atoms with Gasteiger partial charge in [0.05, 0.1) is 11.2 Å². The van der Waals surface area contributed by atoms with Crippen LogP contribution < -0.4 is 4.90 Å². The van der Waals surface area contributed by atoms with Crippen LogP contribution in [0.4, 0.5) is 5.69 Å². The molecule has 4 heteroatoms. The van der Waals surface area contributed by atoms with Crippen molar-refractivity contribution in [1.29, 1.82) is 0 Å². The molecule has 1 aromatic carbocycles. The predicted molar refractivity (Wildman–Crippen MR) is 78.6 cm³/mol. The summed E-state index contributed by atoms with van der Waals surface area (Å²) in [5.41, 5.74) is 6.38. The molecule has 19 heavy (non-hydrogen) atoms. The van der Waals surface area contributed by atoms with Crippen LogP contribution in [0.3, 0.4) is 0 Å². The van der Waals surface area contributed by atoms with Gasteiger partial charge in [0.15, 0.2) is 0 Å². The quantitative estimate of drug-likeness (QED) is 0.797. The molecule has 0 saturated heterocycles. The third-order valence-corrected chi connectivity index (χ3v) is 4.41. The van der Waals surface area contributed by atoms with E-state index in [0.717, 1.165) is 23.4 Å². The SMILES string of the molecule is CC(=O)N1c2ccc(-c3ncsc3C)cc2CC1C. The van der Waals surface area contributed by atoms with E-state index in [4.69, 9.17) is 0 Å². The first-order valence-corrected chi connectivity index (χ1v) is 7.29. The highest BCUT2D eigenvalue weighted by Gasteiger charge is 2.29. The summed E-state index contributed by atoms with van der Waals surface area (Å²) < 4.78 is 0. The minimum atomic E-state index is 0.115. The summed E-state index contributed by atoms with van der Waals surface area (Å²) in [7, 11) is 0. The van der Waals surface area contributed by atoms with Crippen molar-refractivity contribution in [2.75, 3.05) is 4.90 Å². The van der Waals surface area contributed by atoms with Crippen LogP contribution in [0.25, 0.3) is 11.3 Å². The number of rotatable bonds is 1. The normalized spacial score (nSPS) is 17.6. The Morgan fingerprint density at radius 1 is 1.47 bits per heavy atom. The van der Waals surface area contributed by atoms with E-state index in [2.05, 4.69) is 31.0 Å². The van der Waals surface area contributed by atoms with Crippen molar-refractivity contribution in [2.45, 2.75) is 33.2 Å². The van der Waals surface area contributed by atoms with E-state index in [9.17, 15) is 4.79 Å². The van der Waals surface area contributed by atoms with Gasteiger partial charge in [0.1, 0.15) is 0 Å². The summed E-state index contributed by atoms with van der Waals surface area (Å²) in [5, 5.41) is 0. The molecular weight excluding hydrogens is 256 g/mol. The zero-order valence-corrected chi connectivity index (χ0v) is 12.1. The van der Waals surface area contributed by atoms with Crippen LogP contribution in [0.2, 0.25) is 0 Å². The fraction of sp³-hybridized carbons (Fsp3) is 0.333. The van der Waals surface area contributed by atoms with Crippen LogP contribution in [-0.4, -0.2) is 16.9 Å². The molecule has 98 valence electrons. The zero-order valence-electron chi connectivity index (χ0n) is 11.3. The van der Waals surface area contributed by atoms with E-state index in [-0.39, 0.29) is 11.9 Å². The van der Waals surface area contributed by atoms with Crippen molar-refractivity contribution in [3.8, 4) is 11.3 Å². The van der Waals surface area contributed by atoms with Gasteiger partial charge in [-0.15, -0.1) is 11.3 Å². The molecule has 0 radical (unpaired) electrons. The maximum atomic E-state index is 11.7. The number of hydrogen-bond donors (Lipinski definition) is 0. The van der Waals surface area contributed by atoms with E-state index < -0.39 is 0 Å². The molecule has 2 aromatic rings. The van der Waals surface area contributed by atoms with Crippen molar-refractivity contribution < 1.29 is 4.79 Å². The Kier molecular flexibility index (Phi) is 2.90. The standard InChI is InChI=1S/C15H16N2OS/c1-9-6-13-7-12(15-10(2)19-8-16-15)4-5-14(13)17(9)11(3)18/h4-5,7-9H,6H2,1-3H3. The predicted octanol–water partition coefficient (Wildman–Crippen LogP) is 3.42. The topological polar surface area (TPSA) is 33.2 Å². The highest BCUT2D eigenvalue weighted by atomic mass is 32.1. The summed E-state index contributed by atoms with van der Waals surface area (Å²) in [5.74, 6) is 0.115. The Morgan fingerprint density at radius 2 is 2.26 bits per heavy atom. The maximum absolute atomic E-state index is 11.7. The summed E-state index contributed by atoms with van der Waals surface area (Å²) in [6, 6.07) is 6.54. The highest BCUT2D eigenvalue weighted by Crippen LogP contribution is 2.36. The van der Waals surface area contributed by atoms with Gasteiger partial charge in [0.2, 0.25) is 5.91 Å². The first-order valence-electron chi connectivity index (χ1n) is 6.41. The second kappa shape index (κ2) is 4.46. The van der Waals surface area contributed by atoms with Gasteiger partial charge in [-0.1, -0.05) is 6.07 Å². The van der Waals surface area contributed by atoms with Crippen molar-refractivity contribution >= 4 is 22.9 Å². The molecule has 0 bridgehead atoms. The molecular formula is C15H16N2OS. The van der Waals surface area contributed by atoms with E-state index in [1.54, 1.807) is 18.3 Å². The van der Waals surface area contributed by atoms with Gasteiger partial charge in [-0.25, -0.2) is 4.98 Å². The molecule has 0 saturated carbocycles. The molecule has 1 amide bonds. The van der Waals surface area contributed by atoms with Gasteiger partial charge in [0.25, 0.3) is 0 Å². The molecule has 3 rings (SSSR count). The molecule has 0 fully saturated rings. The third-order valence-electron chi connectivity index (χ3n) is 3.65. The molecule has 0 N–H and O–H groups in total. The van der Waals surface area contributed by atoms with Crippen LogP contribution in [0, 0.1) is 6.92 Å². The van der Waals surface area contributed by atoms with Gasteiger partial charge in [-0.2, -0.15) is 0 Å². The number of thiazole rings is 1. The number of nitrogens with zero attached hydrogens (tertiary/aromatic N) is 2. The van der Waals surface area contributed by atoms with Crippen molar-refractivity contribution in [1.82, 2.24) is 4.98 Å². The lowest BCUT2D eigenvalue weighted by Crippen LogP contribution is -2.33. The number of benzene rings is 1. The Hall–Kier alpha value is -1.68. The lowest BCUT2D eigenvalue weighted by Gasteiger charge is -2.20. The van der Waals surface area contributed by atoms with Crippen molar-refractivity contribution in [2.24, 2.45) is 0 Å². The molecule has 0 spiro atoms. The number of hydrogen-bond acceptors (Lipinski definition) is 3. The Bertz CT molecular complexity index is 647. The lowest BCUT2D eigenvalue weighted by molar-refractivity contribution is -0.116. The van der Waals surface area contributed by atoms with Crippen LogP contribution in [0.1, 0.15) is 24.3 Å². The lowest BCUT2D eigenvalue weighted by atomic mass is 10.0. The average molecular weight is 272 g/mol. The van der Waals surface area contributed by atoms with Gasteiger partial charge in [0, 0.05) is 29.1 Å². The number of anilines is 1. The summed E-state index contributed by atoms with van der Waals surface area (Å²) in [4.78, 5) is 19.2. The van der Waals surface area contributed by atoms with Gasteiger partial charge in [-0.05, 0) is 38.0 Å². The molecule has 1 aliphatic rings. The highest BCUT2D eigenvalue weighted by molar-refractivity contribution is 7.10. The van der Waals surface area contributed by atoms with E-state index in [0.29, 0.717) is 0 Å². The first-order chi connectivity index (χ1) is 9.08. The minimum Gasteiger partial charge on any atom is -0.309 e. The first kappa shape index (κ1) is 12.4. The largest absolute Gasteiger partial charge is 0.309 e. The van der Waals surface area contributed by atoms with Crippen LogP contribution in [0.15, 0.2) is 23.7 Å². The van der Waals surface area contributed by atoms with E-state index in [1.807, 2.05) is 16.5 Å². The van der Waals surface area contributed by atoms with E-state index in [1.165, 1.54) is 10.4 Å². The molecule has 2 heterocycles. The molecule has 1 unspecified atom stereocenters. The van der Waals surface area contributed by atoms with E-state index >= 15 is 0 Å². The van der Waals surface area contributed by atoms with Crippen molar-refractivity contribution in [3.63, 3.8) is 0 Å². The zero-order chi connectivity index (χ0) is 13.6. The maximum Gasteiger partial charge on any atom is 0.224 e. The number of aryl methyl sites for hydroxylation is 1. The minimum absolute atomic E-state index is 0.115. The van der Waals surface area contributed by atoms with Gasteiger partial charge >= 0.3 is 0 Å². The molecule has 3 nitrogen and oxygen atoms in total. The number of fused-ring (bicyclic) bond motifs is 1. The Morgan fingerprint density at radius 3 is 2.89 bits per heavy atom. The second-order valence-electron chi connectivity index (χ2n) is 5.04. The van der Waals surface area contributed by atoms with Gasteiger partial charge in [-0.3, -0.25) is 4.79 Å². The average Bonchev–Trinajstić information content (AvgIpc) is 2.90. The van der Waals surface area contributed by atoms with Gasteiger partial charge < -0.3 is 4.90 Å². The molecule has 1 atom stereocenters. The fourth-order valence-corrected chi connectivity index (χ4v) is 3.44. The molecule has 1 aliphatic heterocycles. The number of carbonyl (C=O) groups is 1. The third kappa shape index (κ3) is 1.96.